The summed E-state index contributed by atoms with van der Waals surface area (Å²) in [7, 11) is 0. The molecule has 0 fully saturated rings. The van der Waals surface area contributed by atoms with Crippen molar-refractivity contribution in [2.75, 3.05) is 0 Å². The SMILES string of the molecule is CCCCc1c(CC(C)C)c(O)nn1CC. The second-order valence-electron chi connectivity index (χ2n) is 4.77. The molecule has 0 saturated heterocycles. The predicted molar refractivity (Wildman–Crippen MR) is 66.7 cm³/mol. The zero-order valence-electron chi connectivity index (χ0n) is 11.0. The Morgan fingerprint density at radius 3 is 2.50 bits per heavy atom. The van der Waals surface area contributed by atoms with E-state index in [4.69, 9.17) is 0 Å². The lowest BCUT2D eigenvalue weighted by molar-refractivity contribution is 0.431. The second-order valence-corrected chi connectivity index (χ2v) is 4.77. The van der Waals surface area contributed by atoms with Gasteiger partial charge in [0, 0.05) is 17.8 Å². The van der Waals surface area contributed by atoms with E-state index >= 15 is 0 Å². The summed E-state index contributed by atoms with van der Waals surface area (Å²) in [6.45, 7) is 9.44. The molecule has 0 atom stereocenters. The van der Waals surface area contributed by atoms with E-state index in [-0.39, 0.29) is 5.88 Å². The fourth-order valence-electron chi connectivity index (χ4n) is 2.02. The third kappa shape index (κ3) is 3.00. The van der Waals surface area contributed by atoms with Crippen LogP contribution in [0.3, 0.4) is 0 Å². The van der Waals surface area contributed by atoms with Crippen molar-refractivity contribution in [3.05, 3.63) is 11.3 Å². The fraction of sp³-hybridized carbons (Fsp3) is 0.769. The molecule has 92 valence electrons. The van der Waals surface area contributed by atoms with Gasteiger partial charge in [0.2, 0.25) is 5.88 Å². The number of hydrogen-bond donors (Lipinski definition) is 1. The van der Waals surface area contributed by atoms with Crippen LogP contribution in [0.25, 0.3) is 0 Å². The molecule has 1 aromatic heterocycles. The summed E-state index contributed by atoms with van der Waals surface area (Å²) < 4.78 is 1.95. The molecule has 0 bridgehead atoms. The second kappa shape index (κ2) is 5.92. The minimum atomic E-state index is 0.238. The molecule has 0 unspecified atom stereocenters. The number of unbranched alkanes of at least 4 members (excludes halogenated alkanes) is 1. The normalized spacial score (nSPS) is 11.3. The van der Waals surface area contributed by atoms with Gasteiger partial charge in [-0.15, -0.1) is 5.10 Å². The minimum Gasteiger partial charge on any atom is -0.492 e. The first-order chi connectivity index (χ1) is 7.60. The van der Waals surface area contributed by atoms with Crippen LogP contribution in [0.4, 0.5) is 0 Å². The summed E-state index contributed by atoms with van der Waals surface area (Å²) >= 11 is 0. The Labute approximate surface area is 98.5 Å². The molecule has 1 aromatic rings. The van der Waals surface area contributed by atoms with Gasteiger partial charge in [-0.2, -0.15) is 0 Å². The number of nitrogens with zero attached hydrogens (tertiary/aromatic N) is 2. The number of aryl methyl sites for hydroxylation is 1. The van der Waals surface area contributed by atoms with E-state index in [0.717, 1.165) is 31.4 Å². The van der Waals surface area contributed by atoms with Gasteiger partial charge in [0.25, 0.3) is 0 Å². The molecule has 3 heteroatoms. The van der Waals surface area contributed by atoms with Gasteiger partial charge in [0.05, 0.1) is 0 Å². The fourth-order valence-corrected chi connectivity index (χ4v) is 2.02. The Balaban J connectivity index is 2.97. The summed E-state index contributed by atoms with van der Waals surface area (Å²) in [4.78, 5) is 0. The van der Waals surface area contributed by atoms with Gasteiger partial charge >= 0.3 is 0 Å². The van der Waals surface area contributed by atoms with Gasteiger partial charge in [0.1, 0.15) is 0 Å². The minimum absolute atomic E-state index is 0.238. The van der Waals surface area contributed by atoms with Gasteiger partial charge in [0.15, 0.2) is 0 Å². The molecule has 0 aliphatic carbocycles. The van der Waals surface area contributed by atoms with Crippen molar-refractivity contribution in [2.45, 2.75) is 59.9 Å². The third-order valence-electron chi connectivity index (χ3n) is 2.82. The van der Waals surface area contributed by atoms with Crippen LogP contribution in [-0.4, -0.2) is 14.9 Å². The topological polar surface area (TPSA) is 38.1 Å². The molecule has 0 amide bonds. The number of rotatable bonds is 6. The average Bonchev–Trinajstić information content (AvgIpc) is 2.52. The van der Waals surface area contributed by atoms with Crippen molar-refractivity contribution in [1.29, 1.82) is 0 Å². The number of aromatic nitrogens is 2. The smallest absolute Gasteiger partial charge is 0.233 e. The molecule has 3 nitrogen and oxygen atoms in total. The first-order valence-electron chi connectivity index (χ1n) is 6.37. The van der Waals surface area contributed by atoms with Crippen LogP contribution in [0, 0.1) is 5.92 Å². The molecule has 0 saturated carbocycles. The zero-order valence-corrected chi connectivity index (χ0v) is 11.0. The van der Waals surface area contributed by atoms with Crippen molar-refractivity contribution in [1.82, 2.24) is 9.78 Å². The van der Waals surface area contributed by atoms with E-state index in [1.165, 1.54) is 12.1 Å². The highest BCUT2D eigenvalue weighted by molar-refractivity contribution is 5.31. The van der Waals surface area contributed by atoms with Crippen molar-refractivity contribution in [3.63, 3.8) is 0 Å². The van der Waals surface area contributed by atoms with Crippen LogP contribution in [0.2, 0.25) is 0 Å². The molecule has 1 N–H and O–H groups in total. The molecular weight excluding hydrogens is 200 g/mol. The Kier molecular flexibility index (Phi) is 4.84. The third-order valence-corrected chi connectivity index (χ3v) is 2.82. The van der Waals surface area contributed by atoms with E-state index in [0.29, 0.717) is 5.92 Å². The van der Waals surface area contributed by atoms with Crippen LogP contribution < -0.4 is 0 Å². The van der Waals surface area contributed by atoms with Gasteiger partial charge in [-0.25, -0.2) is 0 Å². The monoisotopic (exact) mass is 224 g/mol. The summed E-state index contributed by atoms with van der Waals surface area (Å²) in [5.74, 6) is 0.794. The molecule has 0 radical (unpaired) electrons. The molecule has 0 aromatic carbocycles. The maximum Gasteiger partial charge on any atom is 0.233 e. The van der Waals surface area contributed by atoms with Crippen LogP contribution in [0.5, 0.6) is 5.88 Å². The Morgan fingerprint density at radius 1 is 1.31 bits per heavy atom. The van der Waals surface area contributed by atoms with Crippen molar-refractivity contribution in [3.8, 4) is 5.88 Å². The lowest BCUT2D eigenvalue weighted by Crippen LogP contribution is -2.05. The lowest BCUT2D eigenvalue weighted by Gasteiger charge is -2.08. The number of hydrogen-bond acceptors (Lipinski definition) is 2. The Morgan fingerprint density at radius 2 is 2.00 bits per heavy atom. The average molecular weight is 224 g/mol. The van der Waals surface area contributed by atoms with E-state index in [9.17, 15) is 5.11 Å². The van der Waals surface area contributed by atoms with E-state index in [1.807, 2.05) is 4.68 Å². The first-order valence-corrected chi connectivity index (χ1v) is 6.37. The highest BCUT2D eigenvalue weighted by atomic mass is 16.3. The summed E-state index contributed by atoms with van der Waals surface area (Å²) in [5, 5.41) is 14.1. The Bertz CT molecular complexity index is 329. The van der Waals surface area contributed by atoms with Crippen molar-refractivity contribution < 1.29 is 5.11 Å². The number of aromatic hydroxyl groups is 1. The van der Waals surface area contributed by atoms with E-state index < -0.39 is 0 Å². The van der Waals surface area contributed by atoms with Crippen LogP contribution >= 0.6 is 0 Å². The predicted octanol–water partition coefficient (Wildman–Crippen LogP) is 3.15. The summed E-state index contributed by atoms with van der Waals surface area (Å²) in [5.41, 5.74) is 2.29. The van der Waals surface area contributed by atoms with Gasteiger partial charge in [-0.1, -0.05) is 27.2 Å². The maximum atomic E-state index is 9.86. The molecule has 1 rings (SSSR count). The van der Waals surface area contributed by atoms with Crippen LogP contribution in [0.15, 0.2) is 0 Å². The van der Waals surface area contributed by atoms with Gasteiger partial charge in [-0.05, 0) is 32.1 Å². The molecule has 16 heavy (non-hydrogen) atoms. The molecule has 0 spiro atoms. The Hall–Kier alpha value is -0.990. The zero-order chi connectivity index (χ0) is 12.1. The molecule has 0 aliphatic heterocycles. The maximum absolute atomic E-state index is 9.86. The quantitative estimate of drug-likeness (QED) is 0.806. The van der Waals surface area contributed by atoms with Crippen LogP contribution in [0.1, 0.15) is 51.8 Å². The van der Waals surface area contributed by atoms with Crippen LogP contribution in [-0.2, 0) is 19.4 Å². The first kappa shape index (κ1) is 13.1. The molecule has 1 heterocycles. The van der Waals surface area contributed by atoms with E-state index in [2.05, 4.69) is 32.8 Å². The molecular formula is C13H24N2O. The molecule has 0 aliphatic rings. The standard InChI is InChI=1S/C13H24N2O/c1-5-7-8-12-11(9-10(3)4)13(16)14-15(12)6-2/h10H,5-9H2,1-4H3,(H,14,16). The largest absolute Gasteiger partial charge is 0.492 e. The highest BCUT2D eigenvalue weighted by Crippen LogP contribution is 2.25. The van der Waals surface area contributed by atoms with Crippen molar-refractivity contribution in [2.24, 2.45) is 5.92 Å². The van der Waals surface area contributed by atoms with Gasteiger partial charge < -0.3 is 5.11 Å². The lowest BCUT2D eigenvalue weighted by atomic mass is 10.0. The van der Waals surface area contributed by atoms with E-state index in [1.54, 1.807) is 0 Å². The van der Waals surface area contributed by atoms with Crippen molar-refractivity contribution >= 4 is 0 Å². The highest BCUT2D eigenvalue weighted by Gasteiger charge is 2.16. The van der Waals surface area contributed by atoms with Gasteiger partial charge in [-0.3, -0.25) is 4.68 Å². The summed E-state index contributed by atoms with van der Waals surface area (Å²) in [6, 6.07) is 0. The summed E-state index contributed by atoms with van der Waals surface area (Å²) in [6.07, 6.45) is 4.29.